The van der Waals surface area contributed by atoms with E-state index in [1.807, 2.05) is 0 Å². The van der Waals surface area contributed by atoms with Crippen LogP contribution < -0.4 is 10.6 Å². The Morgan fingerprint density at radius 1 is 1.26 bits per heavy atom. The molecule has 3 rings (SSSR count). The molecule has 0 amide bonds. The van der Waals surface area contributed by atoms with Crippen LogP contribution in [0.5, 0.6) is 0 Å². The zero-order valence-electron chi connectivity index (χ0n) is 11.6. The van der Waals surface area contributed by atoms with Gasteiger partial charge in [-0.1, -0.05) is 19.1 Å². The maximum atomic E-state index is 9.97. The highest BCUT2D eigenvalue weighted by Crippen LogP contribution is 2.39. The van der Waals surface area contributed by atoms with Crippen LogP contribution in [-0.4, -0.2) is 24.3 Å². The first-order valence-corrected chi connectivity index (χ1v) is 7.47. The van der Waals surface area contributed by atoms with Gasteiger partial charge in [-0.3, -0.25) is 0 Å². The second-order valence-corrected chi connectivity index (χ2v) is 6.08. The van der Waals surface area contributed by atoms with E-state index < -0.39 is 0 Å². The summed E-state index contributed by atoms with van der Waals surface area (Å²) in [4.78, 5) is 2.42. The lowest BCUT2D eigenvalue weighted by Crippen LogP contribution is -2.24. The van der Waals surface area contributed by atoms with E-state index in [4.69, 9.17) is 5.73 Å². The van der Waals surface area contributed by atoms with Crippen LogP contribution in [0.1, 0.15) is 37.8 Å². The topological polar surface area (TPSA) is 49.5 Å². The van der Waals surface area contributed by atoms with Gasteiger partial charge >= 0.3 is 0 Å². The lowest BCUT2D eigenvalue weighted by atomic mass is 10.00. The van der Waals surface area contributed by atoms with Crippen molar-refractivity contribution in [2.45, 2.75) is 38.3 Å². The number of aliphatic hydroxyl groups excluding tert-OH is 1. The van der Waals surface area contributed by atoms with Crippen LogP contribution in [-0.2, 0) is 0 Å². The van der Waals surface area contributed by atoms with Gasteiger partial charge < -0.3 is 15.7 Å². The maximum Gasteiger partial charge on any atom is 0.0588 e. The molecule has 104 valence electrons. The first-order valence-electron chi connectivity index (χ1n) is 7.47. The maximum absolute atomic E-state index is 9.97. The number of benzene rings is 1. The molecule has 3 nitrogen and oxygen atoms in total. The highest BCUT2D eigenvalue weighted by molar-refractivity contribution is 5.49. The number of rotatable bonds is 3. The number of anilines is 1. The van der Waals surface area contributed by atoms with Crippen LogP contribution in [0, 0.1) is 11.8 Å². The molecule has 0 aromatic heterocycles. The van der Waals surface area contributed by atoms with Gasteiger partial charge in [0, 0.05) is 30.7 Å². The average molecular weight is 260 g/mol. The minimum atomic E-state index is -0.0808. The molecule has 3 heteroatoms. The van der Waals surface area contributed by atoms with E-state index in [-0.39, 0.29) is 12.1 Å². The highest BCUT2D eigenvalue weighted by Gasteiger charge is 2.41. The Morgan fingerprint density at radius 3 is 2.63 bits per heavy atom. The first kappa shape index (κ1) is 12.9. The second kappa shape index (κ2) is 5.14. The molecule has 1 aliphatic heterocycles. The third-order valence-electron chi connectivity index (χ3n) is 4.95. The predicted molar refractivity (Wildman–Crippen MR) is 78.1 cm³/mol. The fourth-order valence-electron chi connectivity index (χ4n) is 3.62. The van der Waals surface area contributed by atoms with Gasteiger partial charge in [-0.05, 0) is 42.9 Å². The summed E-state index contributed by atoms with van der Waals surface area (Å²) in [5.41, 5.74) is 8.53. The van der Waals surface area contributed by atoms with Crippen LogP contribution in [0.4, 0.5) is 5.69 Å². The van der Waals surface area contributed by atoms with Crippen molar-refractivity contribution >= 4 is 5.69 Å². The van der Waals surface area contributed by atoms with Gasteiger partial charge in [-0.2, -0.15) is 0 Å². The van der Waals surface area contributed by atoms with Crippen molar-refractivity contribution in [1.29, 1.82) is 0 Å². The summed E-state index contributed by atoms with van der Waals surface area (Å²) in [6.07, 6.45) is 3.07. The molecule has 1 aromatic rings. The van der Waals surface area contributed by atoms with Crippen molar-refractivity contribution in [3.63, 3.8) is 0 Å². The van der Waals surface area contributed by atoms with Crippen LogP contribution >= 0.6 is 0 Å². The first-order chi connectivity index (χ1) is 9.19. The summed E-state index contributed by atoms with van der Waals surface area (Å²) in [7, 11) is 0. The molecule has 19 heavy (non-hydrogen) atoms. The van der Waals surface area contributed by atoms with Crippen molar-refractivity contribution in [1.82, 2.24) is 0 Å². The van der Waals surface area contributed by atoms with E-state index >= 15 is 0 Å². The average Bonchev–Trinajstić information content (AvgIpc) is 3.01. The zero-order chi connectivity index (χ0) is 13.4. The third-order valence-corrected chi connectivity index (χ3v) is 4.95. The second-order valence-electron chi connectivity index (χ2n) is 6.08. The van der Waals surface area contributed by atoms with Crippen LogP contribution in [0.15, 0.2) is 24.3 Å². The van der Waals surface area contributed by atoms with E-state index in [0.29, 0.717) is 11.8 Å². The fraction of sp³-hybridized carbons (Fsp3) is 0.625. The predicted octanol–water partition coefficient (Wildman–Crippen LogP) is 2.30. The molecule has 1 saturated heterocycles. The molecule has 4 atom stereocenters. The Kier molecular flexibility index (Phi) is 3.50. The van der Waals surface area contributed by atoms with Crippen molar-refractivity contribution < 1.29 is 5.11 Å². The van der Waals surface area contributed by atoms with Gasteiger partial charge in [0.2, 0.25) is 0 Å². The van der Waals surface area contributed by atoms with Gasteiger partial charge in [0.25, 0.3) is 0 Å². The summed E-state index contributed by atoms with van der Waals surface area (Å²) in [5, 5.41) is 9.97. The number of aliphatic hydroxyl groups is 1. The molecule has 0 radical (unpaired) electrons. The van der Waals surface area contributed by atoms with E-state index in [0.717, 1.165) is 25.9 Å². The Hall–Kier alpha value is -1.06. The Bertz CT molecular complexity index is 431. The summed E-state index contributed by atoms with van der Waals surface area (Å²) >= 11 is 0. The Labute approximate surface area is 115 Å². The van der Waals surface area contributed by atoms with Crippen molar-refractivity contribution in [3.05, 3.63) is 29.8 Å². The highest BCUT2D eigenvalue weighted by atomic mass is 16.3. The van der Waals surface area contributed by atoms with E-state index in [2.05, 4.69) is 36.1 Å². The summed E-state index contributed by atoms with van der Waals surface area (Å²) < 4.78 is 0. The zero-order valence-corrected chi connectivity index (χ0v) is 11.6. The van der Waals surface area contributed by atoms with Gasteiger partial charge in [0.05, 0.1) is 6.10 Å². The largest absolute Gasteiger partial charge is 0.393 e. The number of nitrogens with zero attached hydrogens (tertiary/aromatic N) is 1. The molecule has 2 aliphatic rings. The minimum absolute atomic E-state index is 0.0808. The molecule has 1 heterocycles. The number of hydrogen-bond donors (Lipinski definition) is 2. The van der Waals surface area contributed by atoms with E-state index in [9.17, 15) is 5.11 Å². The number of fused-ring (bicyclic) bond motifs is 1. The Morgan fingerprint density at radius 2 is 2.00 bits per heavy atom. The molecular weight excluding hydrogens is 236 g/mol. The lowest BCUT2D eigenvalue weighted by molar-refractivity contribution is 0.133. The molecule has 1 saturated carbocycles. The summed E-state index contributed by atoms with van der Waals surface area (Å²) in [6.45, 7) is 4.22. The number of hydrogen-bond acceptors (Lipinski definition) is 3. The van der Waals surface area contributed by atoms with Crippen molar-refractivity contribution in [2.24, 2.45) is 17.6 Å². The van der Waals surface area contributed by atoms with E-state index in [1.54, 1.807) is 0 Å². The normalized spacial score (nSPS) is 31.5. The number of nitrogens with two attached hydrogens (primary N) is 1. The monoisotopic (exact) mass is 260 g/mol. The van der Waals surface area contributed by atoms with Gasteiger partial charge in [0.1, 0.15) is 0 Å². The molecule has 0 bridgehead atoms. The van der Waals surface area contributed by atoms with Gasteiger partial charge in [0.15, 0.2) is 0 Å². The van der Waals surface area contributed by atoms with E-state index in [1.165, 1.54) is 17.7 Å². The molecule has 3 unspecified atom stereocenters. The fourth-order valence-corrected chi connectivity index (χ4v) is 3.62. The molecule has 2 fully saturated rings. The SMILES string of the molecule is CC[C@@H](N)c1ccc(N2CC3CCC(O)C3C2)cc1. The molecule has 1 aromatic carbocycles. The molecule has 1 aliphatic carbocycles. The Balaban J connectivity index is 1.70. The van der Waals surface area contributed by atoms with Crippen LogP contribution in [0.25, 0.3) is 0 Å². The quantitative estimate of drug-likeness (QED) is 0.877. The van der Waals surface area contributed by atoms with Crippen LogP contribution in [0.3, 0.4) is 0 Å². The van der Waals surface area contributed by atoms with Crippen molar-refractivity contribution in [2.75, 3.05) is 18.0 Å². The molecule has 0 spiro atoms. The summed E-state index contributed by atoms with van der Waals surface area (Å²) in [5.74, 6) is 1.17. The third kappa shape index (κ3) is 2.37. The summed E-state index contributed by atoms with van der Waals surface area (Å²) in [6, 6.07) is 8.80. The van der Waals surface area contributed by atoms with Gasteiger partial charge in [-0.25, -0.2) is 0 Å². The lowest BCUT2D eigenvalue weighted by Gasteiger charge is -2.21. The smallest absolute Gasteiger partial charge is 0.0588 e. The van der Waals surface area contributed by atoms with Crippen molar-refractivity contribution in [3.8, 4) is 0 Å². The standard InChI is InChI=1S/C16H24N2O/c1-2-15(17)11-3-6-13(7-4-11)18-9-12-5-8-16(19)14(12)10-18/h3-4,6-7,12,14-16,19H,2,5,8-10,17H2,1H3/t12?,14?,15-,16?/m1/s1. The van der Waals surface area contributed by atoms with Crippen LogP contribution in [0.2, 0.25) is 0 Å². The van der Waals surface area contributed by atoms with Gasteiger partial charge in [-0.15, -0.1) is 0 Å². The minimum Gasteiger partial charge on any atom is -0.393 e. The molecular formula is C16H24N2O. The molecule has 3 N–H and O–H groups in total.